The topological polar surface area (TPSA) is 29.9 Å². The van der Waals surface area contributed by atoms with Crippen molar-refractivity contribution in [1.29, 1.82) is 0 Å². The Bertz CT molecular complexity index is 420. The predicted octanol–water partition coefficient (Wildman–Crippen LogP) is 4.17. The summed E-state index contributed by atoms with van der Waals surface area (Å²) in [7, 11) is 0. The van der Waals surface area contributed by atoms with Gasteiger partial charge in [0.1, 0.15) is 0 Å². The van der Waals surface area contributed by atoms with Crippen molar-refractivity contribution < 1.29 is 0 Å². The van der Waals surface area contributed by atoms with Crippen molar-refractivity contribution in [2.45, 2.75) is 66.0 Å². The average Bonchev–Trinajstić information content (AvgIpc) is 2.75. The van der Waals surface area contributed by atoms with Crippen molar-refractivity contribution in [2.75, 3.05) is 6.54 Å². The summed E-state index contributed by atoms with van der Waals surface area (Å²) >= 11 is 6.33. The third kappa shape index (κ3) is 3.76. The summed E-state index contributed by atoms with van der Waals surface area (Å²) in [6.45, 7) is 9.23. The van der Waals surface area contributed by atoms with Crippen LogP contribution in [0, 0.1) is 18.8 Å². The molecule has 0 atom stereocenters. The molecule has 114 valence electrons. The van der Waals surface area contributed by atoms with E-state index in [9.17, 15) is 0 Å². The second kappa shape index (κ2) is 7.46. The second-order valence-corrected chi connectivity index (χ2v) is 6.47. The Labute approximate surface area is 128 Å². The highest BCUT2D eigenvalue weighted by atomic mass is 35.5. The highest BCUT2D eigenvalue weighted by Crippen LogP contribution is 2.30. The van der Waals surface area contributed by atoms with Crippen molar-refractivity contribution in [3.8, 4) is 0 Å². The molecule has 0 unspecified atom stereocenters. The van der Waals surface area contributed by atoms with Crippen LogP contribution in [0.1, 0.15) is 57.3 Å². The molecule has 1 N–H and O–H groups in total. The lowest BCUT2D eigenvalue weighted by Gasteiger charge is -2.28. The Morgan fingerprint density at radius 2 is 1.85 bits per heavy atom. The van der Waals surface area contributed by atoms with Gasteiger partial charge in [-0.1, -0.05) is 37.8 Å². The lowest BCUT2D eigenvalue weighted by atomic mass is 9.81. The average molecular weight is 298 g/mol. The Kier molecular flexibility index (Phi) is 5.91. The summed E-state index contributed by atoms with van der Waals surface area (Å²) in [5.41, 5.74) is 2.07. The molecule has 0 bridgehead atoms. The van der Waals surface area contributed by atoms with Crippen molar-refractivity contribution in [1.82, 2.24) is 15.1 Å². The number of nitrogens with one attached hydrogen (secondary N) is 1. The number of hydrogen-bond donors (Lipinski definition) is 1. The number of aryl methyl sites for hydroxylation is 2. The van der Waals surface area contributed by atoms with Gasteiger partial charge in [0.15, 0.2) is 0 Å². The van der Waals surface area contributed by atoms with Gasteiger partial charge in [-0.2, -0.15) is 5.10 Å². The monoisotopic (exact) mass is 297 g/mol. The third-order valence-electron chi connectivity index (χ3n) is 4.72. The van der Waals surface area contributed by atoms with Crippen LogP contribution in [0.3, 0.4) is 0 Å². The first-order valence-electron chi connectivity index (χ1n) is 8.08. The van der Waals surface area contributed by atoms with E-state index in [1.165, 1.54) is 32.1 Å². The first kappa shape index (κ1) is 15.8. The quantitative estimate of drug-likeness (QED) is 0.854. The van der Waals surface area contributed by atoms with Crippen LogP contribution in [0.2, 0.25) is 5.02 Å². The number of halogens is 1. The smallest absolute Gasteiger partial charge is 0.0860 e. The molecule has 1 saturated carbocycles. The van der Waals surface area contributed by atoms with E-state index in [1.807, 2.05) is 11.6 Å². The van der Waals surface area contributed by atoms with Gasteiger partial charge in [-0.3, -0.25) is 4.68 Å². The van der Waals surface area contributed by atoms with Gasteiger partial charge in [0, 0.05) is 13.1 Å². The van der Waals surface area contributed by atoms with E-state index in [4.69, 9.17) is 11.6 Å². The zero-order chi connectivity index (χ0) is 14.5. The molecule has 1 fully saturated rings. The minimum absolute atomic E-state index is 0.828. The fraction of sp³-hybridized carbons (Fsp3) is 0.812. The minimum Gasteiger partial charge on any atom is -0.311 e. The molecule has 0 aliphatic heterocycles. The van der Waals surface area contributed by atoms with Crippen LogP contribution in [-0.2, 0) is 13.1 Å². The van der Waals surface area contributed by atoms with Crippen molar-refractivity contribution in [2.24, 2.45) is 11.8 Å². The maximum absolute atomic E-state index is 6.33. The lowest BCUT2D eigenvalue weighted by molar-refractivity contribution is 0.262. The van der Waals surface area contributed by atoms with E-state index in [0.717, 1.165) is 47.9 Å². The van der Waals surface area contributed by atoms with Crippen molar-refractivity contribution in [3.63, 3.8) is 0 Å². The Balaban J connectivity index is 1.79. The summed E-state index contributed by atoms with van der Waals surface area (Å²) in [5, 5.41) is 8.88. The maximum Gasteiger partial charge on any atom is 0.0860 e. The maximum atomic E-state index is 6.33. The third-order valence-corrected chi connectivity index (χ3v) is 5.21. The van der Waals surface area contributed by atoms with Gasteiger partial charge in [-0.15, -0.1) is 0 Å². The van der Waals surface area contributed by atoms with Gasteiger partial charge in [0.2, 0.25) is 0 Å². The molecule has 0 saturated heterocycles. The minimum atomic E-state index is 0.828. The highest BCUT2D eigenvalue weighted by molar-refractivity contribution is 6.31. The molecule has 0 amide bonds. The summed E-state index contributed by atoms with van der Waals surface area (Å²) in [6, 6.07) is 0. The first-order valence-corrected chi connectivity index (χ1v) is 8.45. The van der Waals surface area contributed by atoms with E-state index >= 15 is 0 Å². The van der Waals surface area contributed by atoms with Gasteiger partial charge in [-0.05, 0) is 45.1 Å². The van der Waals surface area contributed by atoms with E-state index in [0.29, 0.717) is 0 Å². The normalized spacial score (nSPS) is 23.2. The zero-order valence-electron chi connectivity index (χ0n) is 13.1. The second-order valence-electron chi connectivity index (χ2n) is 6.09. The predicted molar refractivity (Wildman–Crippen MR) is 85.1 cm³/mol. The van der Waals surface area contributed by atoms with Gasteiger partial charge in [0.25, 0.3) is 0 Å². The Morgan fingerprint density at radius 3 is 2.45 bits per heavy atom. The summed E-state index contributed by atoms with van der Waals surface area (Å²) in [6.07, 6.45) is 6.94. The van der Waals surface area contributed by atoms with Crippen molar-refractivity contribution in [3.05, 3.63) is 16.4 Å². The molecule has 1 aliphatic carbocycles. The van der Waals surface area contributed by atoms with Gasteiger partial charge in [-0.25, -0.2) is 0 Å². The van der Waals surface area contributed by atoms with Crippen LogP contribution in [-0.4, -0.2) is 16.3 Å². The van der Waals surface area contributed by atoms with Gasteiger partial charge >= 0.3 is 0 Å². The molecule has 0 aromatic carbocycles. The molecule has 1 aromatic rings. The van der Waals surface area contributed by atoms with E-state index < -0.39 is 0 Å². The molecule has 1 aliphatic rings. The van der Waals surface area contributed by atoms with Crippen LogP contribution in [0.4, 0.5) is 0 Å². The Hall–Kier alpha value is -0.540. The largest absolute Gasteiger partial charge is 0.311 e. The molecular weight excluding hydrogens is 270 g/mol. The van der Waals surface area contributed by atoms with Crippen LogP contribution >= 0.6 is 11.6 Å². The molecule has 20 heavy (non-hydrogen) atoms. The van der Waals surface area contributed by atoms with Crippen LogP contribution in [0.15, 0.2) is 0 Å². The first-order chi connectivity index (χ1) is 9.65. The summed E-state index contributed by atoms with van der Waals surface area (Å²) in [4.78, 5) is 0. The highest BCUT2D eigenvalue weighted by Gasteiger charge is 2.20. The number of rotatable bonds is 6. The zero-order valence-corrected chi connectivity index (χ0v) is 13.8. The van der Waals surface area contributed by atoms with Crippen molar-refractivity contribution >= 4 is 11.6 Å². The van der Waals surface area contributed by atoms with E-state index in [-0.39, 0.29) is 0 Å². The number of hydrogen-bond acceptors (Lipinski definition) is 2. The van der Waals surface area contributed by atoms with Crippen LogP contribution in [0.25, 0.3) is 0 Å². The van der Waals surface area contributed by atoms with E-state index in [1.54, 1.807) is 0 Å². The summed E-state index contributed by atoms with van der Waals surface area (Å²) < 4.78 is 2.01. The molecule has 2 rings (SSSR count). The van der Waals surface area contributed by atoms with Crippen LogP contribution < -0.4 is 5.32 Å². The number of nitrogens with zero attached hydrogens (tertiary/aromatic N) is 2. The summed E-state index contributed by atoms with van der Waals surface area (Å²) in [5.74, 6) is 1.82. The standard InChI is InChI=1S/C16H28ClN3/c1-4-13-6-8-14(9-7-13)10-18-11-15-16(17)12(3)19-20(15)5-2/h13-14,18H,4-11H2,1-3H3. The van der Waals surface area contributed by atoms with E-state index in [2.05, 4.69) is 24.3 Å². The molecule has 0 radical (unpaired) electrons. The van der Waals surface area contributed by atoms with Gasteiger partial charge < -0.3 is 5.32 Å². The fourth-order valence-electron chi connectivity index (χ4n) is 3.28. The molecule has 1 heterocycles. The Morgan fingerprint density at radius 1 is 1.20 bits per heavy atom. The SMILES string of the molecule is CCC1CCC(CNCc2c(Cl)c(C)nn2CC)CC1. The fourth-order valence-corrected chi connectivity index (χ4v) is 3.48. The van der Waals surface area contributed by atoms with Crippen LogP contribution in [0.5, 0.6) is 0 Å². The molecule has 4 heteroatoms. The van der Waals surface area contributed by atoms with Gasteiger partial charge in [0.05, 0.1) is 16.4 Å². The molecule has 1 aromatic heterocycles. The molecular formula is C16H28ClN3. The molecule has 3 nitrogen and oxygen atoms in total. The number of aromatic nitrogens is 2. The lowest BCUT2D eigenvalue weighted by Crippen LogP contribution is -2.27. The molecule has 0 spiro atoms.